The second-order valence-corrected chi connectivity index (χ2v) is 7.63. The van der Waals surface area contributed by atoms with Crippen LogP contribution in [0.15, 0.2) is 5.38 Å². The van der Waals surface area contributed by atoms with Crippen LogP contribution in [-0.4, -0.2) is 28.5 Å². The Balaban J connectivity index is 1.83. The van der Waals surface area contributed by atoms with E-state index in [1.54, 1.807) is 11.3 Å². The van der Waals surface area contributed by atoms with E-state index in [4.69, 9.17) is 4.98 Å². The summed E-state index contributed by atoms with van der Waals surface area (Å²) in [6.45, 7) is 8.44. The molecule has 0 aliphatic heterocycles. The van der Waals surface area contributed by atoms with Gasteiger partial charge in [0.15, 0.2) is 0 Å². The van der Waals surface area contributed by atoms with E-state index in [0.29, 0.717) is 0 Å². The topological polar surface area (TPSA) is 28.2 Å². The minimum atomic E-state index is 0.159. The van der Waals surface area contributed by atoms with Crippen LogP contribution in [-0.2, 0) is 13.1 Å². The molecule has 1 fully saturated rings. The number of aromatic nitrogens is 1. The first-order valence-corrected chi connectivity index (χ1v) is 8.20. The molecule has 0 bridgehead atoms. The van der Waals surface area contributed by atoms with Crippen molar-refractivity contribution in [3.63, 3.8) is 0 Å². The summed E-state index contributed by atoms with van der Waals surface area (Å²) in [5.74, 6) is 0. The van der Waals surface area contributed by atoms with Crippen molar-refractivity contribution in [2.24, 2.45) is 0 Å². The van der Waals surface area contributed by atoms with E-state index in [-0.39, 0.29) is 5.54 Å². The van der Waals surface area contributed by atoms with Crippen molar-refractivity contribution in [3.8, 4) is 0 Å². The summed E-state index contributed by atoms with van der Waals surface area (Å²) in [4.78, 5) is 7.21. The average Bonchev–Trinajstić information content (AvgIpc) is 2.96. The molecule has 1 saturated carbocycles. The van der Waals surface area contributed by atoms with Gasteiger partial charge in [0.25, 0.3) is 0 Å². The fourth-order valence-electron chi connectivity index (χ4n) is 2.57. The van der Waals surface area contributed by atoms with Gasteiger partial charge in [0, 0.05) is 30.1 Å². The standard InChI is InChI=1S/C15H27N3S/c1-15(2,3)16-9-14-17-12(11-19-14)10-18(4)13-7-5-6-8-13/h11,13,16H,5-10H2,1-4H3. The molecule has 0 unspecified atom stereocenters. The second-order valence-electron chi connectivity index (χ2n) is 6.69. The molecule has 1 N–H and O–H groups in total. The van der Waals surface area contributed by atoms with Crippen LogP contribution in [0.4, 0.5) is 0 Å². The van der Waals surface area contributed by atoms with Gasteiger partial charge in [-0.2, -0.15) is 0 Å². The van der Waals surface area contributed by atoms with Crippen molar-refractivity contribution in [2.75, 3.05) is 7.05 Å². The molecule has 1 aliphatic carbocycles. The van der Waals surface area contributed by atoms with E-state index >= 15 is 0 Å². The summed E-state index contributed by atoms with van der Waals surface area (Å²) in [5.41, 5.74) is 1.39. The van der Waals surface area contributed by atoms with Gasteiger partial charge in [-0.15, -0.1) is 11.3 Å². The van der Waals surface area contributed by atoms with Crippen LogP contribution in [0.2, 0.25) is 0 Å². The van der Waals surface area contributed by atoms with E-state index in [1.807, 2.05) is 0 Å². The molecular formula is C15H27N3S. The number of nitrogens with one attached hydrogen (secondary N) is 1. The molecule has 1 heterocycles. The Hall–Kier alpha value is -0.450. The monoisotopic (exact) mass is 281 g/mol. The van der Waals surface area contributed by atoms with Crippen molar-refractivity contribution in [2.45, 2.75) is 71.1 Å². The van der Waals surface area contributed by atoms with Crippen molar-refractivity contribution in [1.29, 1.82) is 0 Å². The highest BCUT2D eigenvalue weighted by atomic mass is 32.1. The van der Waals surface area contributed by atoms with E-state index in [9.17, 15) is 0 Å². The van der Waals surface area contributed by atoms with Gasteiger partial charge in [0.05, 0.1) is 5.69 Å². The van der Waals surface area contributed by atoms with Gasteiger partial charge in [-0.3, -0.25) is 4.90 Å². The van der Waals surface area contributed by atoms with E-state index in [0.717, 1.165) is 19.1 Å². The average molecular weight is 281 g/mol. The summed E-state index contributed by atoms with van der Waals surface area (Å²) in [6.07, 6.45) is 5.51. The molecular weight excluding hydrogens is 254 g/mol. The quantitative estimate of drug-likeness (QED) is 0.896. The van der Waals surface area contributed by atoms with E-state index in [1.165, 1.54) is 36.4 Å². The molecule has 108 valence electrons. The number of hydrogen-bond donors (Lipinski definition) is 1. The molecule has 0 radical (unpaired) electrons. The van der Waals surface area contributed by atoms with E-state index in [2.05, 4.69) is 43.4 Å². The lowest BCUT2D eigenvalue weighted by Gasteiger charge is -2.22. The van der Waals surface area contributed by atoms with Crippen LogP contribution in [0.3, 0.4) is 0 Å². The number of nitrogens with zero attached hydrogens (tertiary/aromatic N) is 2. The van der Waals surface area contributed by atoms with Gasteiger partial charge in [-0.05, 0) is 40.7 Å². The van der Waals surface area contributed by atoms with Crippen LogP contribution < -0.4 is 5.32 Å². The predicted octanol–water partition coefficient (Wildman–Crippen LogP) is 3.41. The maximum atomic E-state index is 4.74. The van der Waals surface area contributed by atoms with Crippen LogP contribution in [0.1, 0.15) is 57.2 Å². The Kier molecular flexibility index (Phi) is 4.98. The molecule has 0 amide bonds. The van der Waals surface area contributed by atoms with E-state index < -0.39 is 0 Å². The van der Waals surface area contributed by atoms with Gasteiger partial charge in [-0.25, -0.2) is 4.98 Å². The molecule has 2 rings (SSSR count). The lowest BCUT2D eigenvalue weighted by Crippen LogP contribution is -2.35. The Morgan fingerprint density at radius 1 is 1.37 bits per heavy atom. The third-order valence-electron chi connectivity index (χ3n) is 3.73. The van der Waals surface area contributed by atoms with Crippen LogP contribution >= 0.6 is 11.3 Å². The molecule has 1 aliphatic rings. The Labute approximate surface area is 121 Å². The molecule has 0 saturated heterocycles. The molecule has 1 aromatic heterocycles. The largest absolute Gasteiger partial charge is 0.306 e. The highest BCUT2D eigenvalue weighted by Gasteiger charge is 2.20. The molecule has 0 aromatic carbocycles. The summed E-state index contributed by atoms with van der Waals surface area (Å²) in [5, 5.41) is 6.91. The zero-order chi connectivity index (χ0) is 13.9. The van der Waals surface area contributed by atoms with Crippen molar-refractivity contribution in [3.05, 3.63) is 16.1 Å². The zero-order valence-corrected chi connectivity index (χ0v) is 13.5. The molecule has 3 nitrogen and oxygen atoms in total. The van der Waals surface area contributed by atoms with Crippen molar-refractivity contribution >= 4 is 11.3 Å². The Morgan fingerprint density at radius 3 is 2.68 bits per heavy atom. The third-order valence-corrected chi connectivity index (χ3v) is 4.63. The van der Waals surface area contributed by atoms with Gasteiger partial charge < -0.3 is 5.32 Å². The van der Waals surface area contributed by atoms with Gasteiger partial charge in [0.2, 0.25) is 0 Å². The van der Waals surface area contributed by atoms with Crippen LogP contribution in [0.25, 0.3) is 0 Å². The lowest BCUT2D eigenvalue weighted by atomic mass is 10.1. The molecule has 4 heteroatoms. The van der Waals surface area contributed by atoms with Gasteiger partial charge in [0.1, 0.15) is 5.01 Å². The number of hydrogen-bond acceptors (Lipinski definition) is 4. The van der Waals surface area contributed by atoms with Crippen LogP contribution in [0.5, 0.6) is 0 Å². The van der Waals surface area contributed by atoms with Crippen molar-refractivity contribution < 1.29 is 0 Å². The minimum absolute atomic E-state index is 0.159. The smallest absolute Gasteiger partial charge is 0.107 e. The highest BCUT2D eigenvalue weighted by molar-refractivity contribution is 7.09. The fourth-order valence-corrected chi connectivity index (χ4v) is 3.30. The summed E-state index contributed by atoms with van der Waals surface area (Å²) >= 11 is 1.77. The highest BCUT2D eigenvalue weighted by Crippen LogP contribution is 2.24. The summed E-state index contributed by atoms with van der Waals surface area (Å²) in [6, 6.07) is 0.776. The fraction of sp³-hybridized carbons (Fsp3) is 0.800. The number of rotatable bonds is 5. The minimum Gasteiger partial charge on any atom is -0.306 e. The maximum absolute atomic E-state index is 4.74. The molecule has 1 aromatic rings. The Bertz CT molecular complexity index is 388. The van der Waals surface area contributed by atoms with Crippen molar-refractivity contribution in [1.82, 2.24) is 15.2 Å². The normalized spacial score (nSPS) is 17.5. The van der Waals surface area contributed by atoms with Crippen LogP contribution in [0, 0.1) is 0 Å². The summed E-state index contributed by atoms with van der Waals surface area (Å²) in [7, 11) is 2.24. The zero-order valence-electron chi connectivity index (χ0n) is 12.7. The second kappa shape index (κ2) is 6.33. The van der Waals surface area contributed by atoms with Gasteiger partial charge >= 0.3 is 0 Å². The maximum Gasteiger partial charge on any atom is 0.107 e. The molecule has 19 heavy (non-hydrogen) atoms. The predicted molar refractivity (Wildman–Crippen MR) is 82.4 cm³/mol. The first kappa shape index (κ1) is 14.9. The first-order valence-electron chi connectivity index (χ1n) is 7.32. The molecule has 0 spiro atoms. The Morgan fingerprint density at radius 2 is 2.05 bits per heavy atom. The summed E-state index contributed by atoms with van der Waals surface area (Å²) < 4.78 is 0. The molecule has 0 atom stereocenters. The number of thiazole rings is 1. The third kappa shape index (κ3) is 4.86. The van der Waals surface area contributed by atoms with Gasteiger partial charge in [-0.1, -0.05) is 12.8 Å². The SMILES string of the molecule is CN(Cc1csc(CNC(C)(C)C)n1)C1CCCC1. The lowest BCUT2D eigenvalue weighted by molar-refractivity contribution is 0.235. The first-order chi connectivity index (χ1) is 8.94.